The Kier molecular flexibility index (Phi) is 6.92. The maximum Gasteiger partial charge on any atom is 0.200 e. The number of ether oxygens (including phenoxy) is 2. The van der Waals surface area contributed by atoms with Gasteiger partial charge in [-0.05, 0) is 25.6 Å². The number of rotatable bonds is 7. The second-order valence-corrected chi connectivity index (χ2v) is 8.21. The molecule has 0 spiro atoms. The lowest BCUT2D eigenvalue weighted by Gasteiger charge is -2.32. The van der Waals surface area contributed by atoms with Gasteiger partial charge in [0, 0.05) is 57.4 Å². The fourth-order valence-electron chi connectivity index (χ4n) is 4.16. The highest BCUT2D eigenvalue weighted by Gasteiger charge is 2.19. The Labute approximate surface area is 178 Å². The molecule has 0 atom stereocenters. The van der Waals surface area contributed by atoms with Gasteiger partial charge < -0.3 is 23.7 Å². The summed E-state index contributed by atoms with van der Waals surface area (Å²) in [6, 6.07) is 5.38. The normalized spacial score (nSPS) is 18.8. The minimum atomic E-state index is -0.000851. The van der Waals surface area contributed by atoms with Crippen LogP contribution in [0.3, 0.4) is 0 Å². The van der Waals surface area contributed by atoms with Crippen molar-refractivity contribution in [3.8, 4) is 5.75 Å². The predicted octanol–water partition coefficient (Wildman–Crippen LogP) is 2.21. The molecule has 7 heteroatoms. The molecule has 0 bridgehead atoms. The van der Waals surface area contributed by atoms with Gasteiger partial charge in [-0.1, -0.05) is 13.3 Å². The average Bonchev–Trinajstić information content (AvgIpc) is 2.77. The maximum absolute atomic E-state index is 12.8. The minimum absolute atomic E-state index is 0.000851. The van der Waals surface area contributed by atoms with Crippen molar-refractivity contribution >= 4 is 16.9 Å². The van der Waals surface area contributed by atoms with E-state index in [2.05, 4.69) is 28.7 Å². The molecular formula is C23H33N3O4. The van der Waals surface area contributed by atoms with Crippen molar-refractivity contribution in [2.75, 3.05) is 77.6 Å². The van der Waals surface area contributed by atoms with Gasteiger partial charge in [-0.15, -0.1) is 0 Å². The largest absolute Gasteiger partial charge is 0.492 e. The zero-order valence-corrected chi connectivity index (χ0v) is 18.2. The first kappa shape index (κ1) is 21.2. The van der Waals surface area contributed by atoms with Gasteiger partial charge >= 0.3 is 0 Å². The molecule has 164 valence electrons. The van der Waals surface area contributed by atoms with Crippen molar-refractivity contribution in [3.63, 3.8) is 0 Å². The topological polar surface area (TPSA) is 58.4 Å². The number of nitrogens with zero attached hydrogens (tertiary/aromatic N) is 3. The molecule has 0 unspecified atom stereocenters. The van der Waals surface area contributed by atoms with Crippen LogP contribution < -0.4 is 15.1 Å². The standard InChI is InChI=1S/C23H33N3O4/c1-3-4-19-21(29-16-11-25-9-7-24(2)8-10-25)6-5-18-20(27)17-22(30-23(18)19)26-12-14-28-15-13-26/h5-6,17H,3-4,7-16H2,1-2H3. The molecule has 30 heavy (non-hydrogen) atoms. The van der Waals surface area contributed by atoms with E-state index < -0.39 is 0 Å². The number of piperazine rings is 1. The molecule has 3 heterocycles. The monoisotopic (exact) mass is 415 g/mol. The van der Waals surface area contributed by atoms with Crippen LogP contribution in [0.25, 0.3) is 11.0 Å². The summed E-state index contributed by atoms with van der Waals surface area (Å²) in [7, 11) is 2.17. The van der Waals surface area contributed by atoms with E-state index in [1.165, 1.54) is 0 Å². The first-order chi connectivity index (χ1) is 14.7. The minimum Gasteiger partial charge on any atom is -0.492 e. The fourth-order valence-corrected chi connectivity index (χ4v) is 4.16. The number of fused-ring (bicyclic) bond motifs is 1. The van der Waals surface area contributed by atoms with Crippen molar-refractivity contribution in [1.29, 1.82) is 0 Å². The Morgan fingerprint density at radius 3 is 2.57 bits per heavy atom. The smallest absolute Gasteiger partial charge is 0.200 e. The zero-order valence-electron chi connectivity index (χ0n) is 18.2. The van der Waals surface area contributed by atoms with E-state index in [4.69, 9.17) is 13.9 Å². The number of benzene rings is 1. The lowest BCUT2D eigenvalue weighted by Crippen LogP contribution is -2.45. The number of aryl methyl sites for hydroxylation is 1. The molecule has 0 N–H and O–H groups in total. The molecular weight excluding hydrogens is 382 g/mol. The van der Waals surface area contributed by atoms with Crippen LogP contribution in [-0.4, -0.2) is 82.5 Å². The van der Waals surface area contributed by atoms with Crippen LogP contribution in [0.15, 0.2) is 27.4 Å². The van der Waals surface area contributed by atoms with Gasteiger partial charge in [-0.25, -0.2) is 0 Å². The average molecular weight is 416 g/mol. The summed E-state index contributed by atoms with van der Waals surface area (Å²) in [6.07, 6.45) is 1.77. The van der Waals surface area contributed by atoms with Crippen molar-refractivity contribution < 1.29 is 13.9 Å². The van der Waals surface area contributed by atoms with Crippen LogP contribution in [0.2, 0.25) is 0 Å². The number of hydrogen-bond acceptors (Lipinski definition) is 7. The molecule has 2 fully saturated rings. The van der Waals surface area contributed by atoms with E-state index in [0.717, 1.165) is 70.0 Å². The van der Waals surface area contributed by atoms with Crippen molar-refractivity contribution in [2.24, 2.45) is 0 Å². The van der Waals surface area contributed by atoms with E-state index in [0.29, 0.717) is 36.7 Å². The predicted molar refractivity (Wildman–Crippen MR) is 119 cm³/mol. The third kappa shape index (κ3) is 4.79. The number of morpholine rings is 1. The lowest BCUT2D eigenvalue weighted by molar-refractivity contribution is 0.121. The quantitative estimate of drug-likeness (QED) is 0.687. The molecule has 4 rings (SSSR count). The maximum atomic E-state index is 12.8. The van der Waals surface area contributed by atoms with E-state index >= 15 is 0 Å². The summed E-state index contributed by atoms with van der Waals surface area (Å²) < 4.78 is 17.9. The Morgan fingerprint density at radius 1 is 1.07 bits per heavy atom. The van der Waals surface area contributed by atoms with Gasteiger partial charge in [0.15, 0.2) is 11.3 Å². The molecule has 2 aliphatic rings. The summed E-state index contributed by atoms with van der Waals surface area (Å²) in [5.41, 5.74) is 1.67. The first-order valence-electron chi connectivity index (χ1n) is 11.1. The molecule has 0 aliphatic carbocycles. The van der Waals surface area contributed by atoms with Crippen molar-refractivity contribution in [3.05, 3.63) is 34.0 Å². The molecule has 0 amide bonds. The van der Waals surface area contributed by atoms with Crippen LogP contribution in [-0.2, 0) is 11.2 Å². The summed E-state index contributed by atoms with van der Waals surface area (Å²) in [4.78, 5) is 19.7. The van der Waals surface area contributed by atoms with E-state index in [9.17, 15) is 4.79 Å². The lowest BCUT2D eigenvalue weighted by atomic mass is 10.0. The van der Waals surface area contributed by atoms with E-state index in [-0.39, 0.29) is 5.43 Å². The summed E-state index contributed by atoms with van der Waals surface area (Å²) >= 11 is 0. The highest BCUT2D eigenvalue weighted by Crippen LogP contribution is 2.31. The Bertz CT molecular complexity index is 899. The van der Waals surface area contributed by atoms with Crippen LogP contribution in [0.1, 0.15) is 18.9 Å². The Balaban J connectivity index is 1.56. The third-order valence-corrected chi connectivity index (χ3v) is 6.03. The molecule has 7 nitrogen and oxygen atoms in total. The van der Waals surface area contributed by atoms with Gasteiger partial charge in [-0.3, -0.25) is 9.69 Å². The highest BCUT2D eigenvalue weighted by molar-refractivity contribution is 5.83. The van der Waals surface area contributed by atoms with Crippen LogP contribution in [0, 0.1) is 0 Å². The fraction of sp³-hybridized carbons (Fsp3) is 0.609. The number of anilines is 1. The Morgan fingerprint density at radius 2 is 1.83 bits per heavy atom. The van der Waals surface area contributed by atoms with Gasteiger partial charge in [0.2, 0.25) is 0 Å². The van der Waals surface area contributed by atoms with Gasteiger partial charge in [0.25, 0.3) is 0 Å². The number of likely N-dealkylation sites (N-methyl/N-ethyl adjacent to an activating group) is 1. The van der Waals surface area contributed by atoms with Crippen LogP contribution in [0.5, 0.6) is 5.75 Å². The van der Waals surface area contributed by atoms with Crippen LogP contribution in [0.4, 0.5) is 5.88 Å². The zero-order chi connectivity index (χ0) is 20.9. The Hall–Kier alpha value is -2.09. The SMILES string of the molecule is CCCc1c(OCCN2CCN(C)CC2)ccc2c(=O)cc(N3CCOCC3)oc12. The van der Waals surface area contributed by atoms with Crippen LogP contribution >= 0.6 is 0 Å². The molecule has 1 aromatic carbocycles. The third-order valence-electron chi connectivity index (χ3n) is 6.03. The number of hydrogen-bond donors (Lipinski definition) is 0. The van der Waals surface area contributed by atoms with Gasteiger partial charge in [0.1, 0.15) is 17.9 Å². The molecule has 1 aromatic heterocycles. The first-order valence-corrected chi connectivity index (χ1v) is 11.1. The summed E-state index contributed by atoms with van der Waals surface area (Å²) in [5, 5.41) is 0.627. The summed E-state index contributed by atoms with van der Waals surface area (Å²) in [5.74, 6) is 1.46. The van der Waals surface area contributed by atoms with Gasteiger partial charge in [0.05, 0.1) is 18.6 Å². The molecule has 2 saturated heterocycles. The molecule has 2 aromatic rings. The second-order valence-electron chi connectivity index (χ2n) is 8.21. The molecule has 0 saturated carbocycles. The second kappa shape index (κ2) is 9.81. The molecule has 0 radical (unpaired) electrons. The summed E-state index contributed by atoms with van der Waals surface area (Å²) in [6.45, 7) is 10.8. The van der Waals surface area contributed by atoms with E-state index in [1.807, 2.05) is 12.1 Å². The highest BCUT2D eigenvalue weighted by atomic mass is 16.5. The van der Waals surface area contributed by atoms with Gasteiger partial charge in [-0.2, -0.15) is 0 Å². The van der Waals surface area contributed by atoms with E-state index in [1.54, 1.807) is 6.07 Å². The molecule has 2 aliphatic heterocycles. The van der Waals surface area contributed by atoms with Crippen molar-refractivity contribution in [2.45, 2.75) is 19.8 Å². The van der Waals surface area contributed by atoms with Crippen molar-refractivity contribution in [1.82, 2.24) is 9.80 Å².